The van der Waals surface area contributed by atoms with Gasteiger partial charge in [-0.25, -0.2) is 0 Å². The molecule has 1 N–H and O–H groups in total. The topological polar surface area (TPSA) is 37.3 Å². The van der Waals surface area contributed by atoms with E-state index >= 15 is 0 Å². The van der Waals surface area contributed by atoms with Crippen LogP contribution in [0.3, 0.4) is 0 Å². The molecule has 2 saturated carbocycles. The van der Waals surface area contributed by atoms with Gasteiger partial charge in [0, 0.05) is 11.8 Å². The van der Waals surface area contributed by atoms with Crippen LogP contribution in [0.5, 0.6) is 0 Å². The van der Waals surface area contributed by atoms with Crippen LogP contribution >= 0.6 is 0 Å². The fraction of sp³-hybridized carbons (Fsp3) is 0.560. The third-order valence-corrected chi connectivity index (χ3v) is 8.41. The molecule has 2 nitrogen and oxygen atoms in total. The van der Waals surface area contributed by atoms with Crippen LogP contribution in [0.25, 0.3) is 0 Å². The number of carbonyl (C=O) groups excluding carboxylic acids is 1. The number of ketones is 1. The molecule has 1 aromatic carbocycles. The largest absolute Gasteiger partial charge is 0.385 e. The predicted octanol–water partition coefficient (Wildman–Crippen LogP) is 5.39. The quantitative estimate of drug-likeness (QED) is 0.727. The number of fused-ring (bicyclic) bond motifs is 4. The maximum atomic E-state index is 11.9. The lowest BCUT2D eigenvalue weighted by molar-refractivity contribution is -0.114. The zero-order valence-corrected chi connectivity index (χ0v) is 16.6. The zero-order valence-electron chi connectivity index (χ0n) is 16.6. The molecule has 142 valence electrons. The lowest BCUT2D eigenvalue weighted by Crippen LogP contribution is -2.48. The van der Waals surface area contributed by atoms with E-state index < -0.39 is 5.60 Å². The minimum atomic E-state index is -0.708. The van der Waals surface area contributed by atoms with Crippen LogP contribution in [0.2, 0.25) is 0 Å². The van der Waals surface area contributed by atoms with Crippen LogP contribution in [0.15, 0.2) is 47.1 Å². The van der Waals surface area contributed by atoms with Crippen molar-refractivity contribution in [2.45, 2.75) is 70.8 Å². The van der Waals surface area contributed by atoms with Gasteiger partial charge in [0.05, 0.1) is 5.60 Å². The molecule has 0 bridgehead atoms. The van der Waals surface area contributed by atoms with E-state index in [9.17, 15) is 9.90 Å². The van der Waals surface area contributed by atoms with Crippen molar-refractivity contribution < 1.29 is 9.90 Å². The van der Waals surface area contributed by atoms with Crippen molar-refractivity contribution in [3.63, 3.8) is 0 Å². The molecule has 1 aromatic rings. The fourth-order valence-electron chi connectivity index (χ4n) is 6.85. The molecule has 0 radical (unpaired) electrons. The minimum absolute atomic E-state index is 0.0529. The van der Waals surface area contributed by atoms with Crippen LogP contribution in [-0.4, -0.2) is 10.9 Å². The number of hydrogen-bond donors (Lipinski definition) is 1. The second-order valence-electron chi connectivity index (χ2n) is 9.57. The van der Waals surface area contributed by atoms with Gasteiger partial charge in [0.2, 0.25) is 0 Å². The first-order chi connectivity index (χ1) is 12.9. The maximum Gasteiger partial charge on any atom is 0.156 e. The molecule has 2 fully saturated rings. The first-order valence-electron chi connectivity index (χ1n) is 10.7. The summed E-state index contributed by atoms with van der Waals surface area (Å²) in [5, 5.41) is 11.9. The number of aryl methyl sites for hydroxylation is 1. The highest BCUT2D eigenvalue weighted by atomic mass is 16.3. The van der Waals surface area contributed by atoms with E-state index in [0.717, 1.165) is 50.5 Å². The van der Waals surface area contributed by atoms with Crippen molar-refractivity contribution in [1.82, 2.24) is 0 Å². The summed E-state index contributed by atoms with van der Waals surface area (Å²) >= 11 is 0. The summed E-state index contributed by atoms with van der Waals surface area (Å²) in [5.41, 5.74) is 6.07. The highest BCUT2D eigenvalue weighted by Gasteiger charge is 2.61. The van der Waals surface area contributed by atoms with Gasteiger partial charge in [-0.2, -0.15) is 0 Å². The normalized spacial score (nSPS) is 38.2. The van der Waals surface area contributed by atoms with Crippen LogP contribution < -0.4 is 0 Å². The zero-order chi connectivity index (χ0) is 18.8. The van der Waals surface area contributed by atoms with Gasteiger partial charge in [-0.3, -0.25) is 4.79 Å². The molecule has 0 saturated heterocycles. The van der Waals surface area contributed by atoms with Crippen molar-refractivity contribution in [3.8, 4) is 0 Å². The molecule has 4 aliphatic rings. The lowest BCUT2D eigenvalue weighted by Gasteiger charge is -2.52. The Kier molecular flexibility index (Phi) is 3.82. The molecule has 0 aliphatic heterocycles. The van der Waals surface area contributed by atoms with Crippen LogP contribution in [0.1, 0.15) is 69.4 Å². The molecule has 0 aromatic heterocycles. The van der Waals surface area contributed by atoms with Gasteiger partial charge in [0.1, 0.15) is 0 Å². The van der Waals surface area contributed by atoms with E-state index in [1.165, 1.54) is 16.7 Å². The third-order valence-electron chi connectivity index (χ3n) is 8.41. The van der Waals surface area contributed by atoms with Gasteiger partial charge >= 0.3 is 0 Å². The molecule has 5 rings (SSSR count). The van der Waals surface area contributed by atoms with Gasteiger partial charge < -0.3 is 5.11 Å². The summed E-state index contributed by atoms with van der Waals surface area (Å²) in [7, 11) is 0. The summed E-state index contributed by atoms with van der Waals surface area (Å²) in [6.07, 6.45) is 9.88. The molecule has 2 heteroatoms. The van der Waals surface area contributed by atoms with Crippen molar-refractivity contribution in [1.29, 1.82) is 0 Å². The monoisotopic (exact) mass is 362 g/mol. The molecule has 4 aliphatic carbocycles. The summed E-state index contributed by atoms with van der Waals surface area (Å²) < 4.78 is 0. The first-order valence-corrected chi connectivity index (χ1v) is 10.7. The fourth-order valence-corrected chi connectivity index (χ4v) is 6.85. The summed E-state index contributed by atoms with van der Waals surface area (Å²) in [6, 6.07) is 8.56. The Hall–Kier alpha value is -1.67. The standard InChI is InChI=1S/C25H30O2/c1-16-3-6-18(7-4-16)25(27)14-12-23-22-9-5-17-15-19(26)8-10-20(17)21(22)11-13-24(23,25)2/h3-4,6-7,15,22-23,27H,5,8-14H2,1-2H3/t22-,23+,24+,25-/m1/s1. The average molecular weight is 363 g/mol. The number of carbonyl (C=O) groups is 1. The van der Waals surface area contributed by atoms with Crippen LogP contribution in [0, 0.1) is 24.2 Å². The Morgan fingerprint density at radius 2 is 1.78 bits per heavy atom. The lowest BCUT2D eigenvalue weighted by atomic mass is 9.54. The smallest absolute Gasteiger partial charge is 0.156 e. The Morgan fingerprint density at radius 1 is 1.00 bits per heavy atom. The average Bonchev–Trinajstić information content (AvgIpc) is 2.94. The Balaban J connectivity index is 1.53. The minimum Gasteiger partial charge on any atom is -0.385 e. The Morgan fingerprint density at radius 3 is 2.56 bits per heavy atom. The highest BCUT2D eigenvalue weighted by Crippen LogP contribution is 2.66. The number of benzene rings is 1. The van der Waals surface area contributed by atoms with Gasteiger partial charge in [-0.1, -0.05) is 42.3 Å². The van der Waals surface area contributed by atoms with Gasteiger partial charge in [0.15, 0.2) is 5.78 Å². The van der Waals surface area contributed by atoms with Crippen molar-refractivity contribution in [3.05, 3.63) is 58.2 Å². The second-order valence-corrected chi connectivity index (χ2v) is 9.57. The Bertz CT molecular complexity index is 859. The molecular formula is C25H30O2. The molecule has 4 atom stereocenters. The van der Waals surface area contributed by atoms with Gasteiger partial charge in [-0.15, -0.1) is 0 Å². The van der Waals surface area contributed by atoms with Gasteiger partial charge in [0.25, 0.3) is 0 Å². The van der Waals surface area contributed by atoms with E-state index in [4.69, 9.17) is 0 Å². The molecule has 27 heavy (non-hydrogen) atoms. The summed E-state index contributed by atoms with van der Waals surface area (Å²) in [6.45, 7) is 4.45. The second kappa shape index (κ2) is 5.91. The van der Waals surface area contributed by atoms with E-state index in [1.807, 2.05) is 6.08 Å². The van der Waals surface area contributed by atoms with Gasteiger partial charge in [-0.05, 0) is 86.5 Å². The third kappa shape index (κ3) is 2.38. The number of aliphatic hydroxyl groups is 1. The molecule has 0 amide bonds. The van der Waals surface area contributed by atoms with E-state index in [-0.39, 0.29) is 5.41 Å². The highest BCUT2D eigenvalue weighted by molar-refractivity contribution is 5.93. The van der Waals surface area contributed by atoms with Crippen LogP contribution in [-0.2, 0) is 10.4 Å². The van der Waals surface area contributed by atoms with Crippen molar-refractivity contribution >= 4 is 5.78 Å². The van der Waals surface area contributed by atoms with Crippen molar-refractivity contribution in [2.24, 2.45) is 17.3 Å². The first kappa shape index (κ1) is 17.4. The number of rotatable bonds is 1. The van der Waals surface area contributed by atoms with E-state index in [0.29, 0.717) is 24.0 Å². The number of hydrogen-bond acceptors (Lipinski definition) is 2. The van der Waals surface area contributed by atoms with Crippen LogP contribution in [0.4, 0.5) is 0 Å². The molecule has 0 heterocycles. The maximum absolute atomic E-state index is 11.9. The molecular weight excluding hydrogens is 332 g/mol. The summed E-state index contributed by atoms with van der Waals surface area (Å²) in [4.78, 5) is 11.8. The van der Waals surface area contributed by atoms with E-state index in [2.05, 4.69) is 38.1 Å². The predicted molar refractivity (Wildman–Crippen MR) is 107 cm³/mol. The Labute approximate surface area is 162 Å². The molecule has 0 spiro atoms. The SMILES string of the molecule is Cc1ccc([C@]2(O)CC[C@H]3[C@@H]4CCC5=CC(=O)CCC5=C4CC[C@@]32C)cc1. The van der Waals surface area contributed by atoms with Crippen molar-refractivity contribution in [2.75, 3.05) is 0 Å². The molecule has 0 unspecified atom stereocenters. The number of allylic oxidation sites excluding steroid dienone is 4. The van der Waals surface area contributed by atoms with E-state index in [1.54, 1.807) is 5.57 Å². The summed E-state index contributed by atoms with van der Waals surface area (Å²) in [5.74, 6) is 1.46.